The molecule has 0 amide bonds. The number of carboxylic acid groups (broad SMARTS) is 1. The zero-order valence-electron chi connectivity index (χ0n) is 18.8. The molecule has 4 fully saturated rings. The van der Waals surface area contributed by atoms with Crippen LogP contribution in [-0.2, 0) is 14.3 Å². The van der Waals surface area contributed by atoms with Gasteiger partial charge in [-0.3, -0.25) is 9.59 Å². The predicted octanol–water partition coefficient (Wildman–Crippen LogP) is 4.60. The molecule has 4 aliphatic rings. The summed E-state index contributed by atoms with van der Waals surface area (Å²) in [5.41, 5.74) is 0.114. The standard InChI is InChI=1S/C25H40O5/c1-24-12-11-17(26)14-16(24)7-8-18-19-9-10-21(27)25(19,2)15-20(23(18)24)30-13-5-3-4-6-22(28)29/h16,18-21,23,27H,3-15H2,1-2H3,(H,28,29)/t16?,18-,19-,20?,21?,23-,24-,25-/m0/s1. The van der Waals surface area contributed by atoms with Crippen molar-refractivity contribution < 1.29 is 24.5 Å². The van der Waals surface area contributed by atoms with Crippen LogP contribution in [0.2, 0.25) is 0 Å². The molecule has 4 saturated carbocycles. The molecule has 0 spiro atoms. The number of carbonyl (C=O) groups is 2. The molecule has 5 heteroatoms. The molecule has 170 valence electrons. The van der Waals surface area contributed by atoms with Crippen molar-refractivity contribution in [2.75, 3.05) is 6.61 Å². The summed E-state index contributed by atoms with van der Waals surface area (Å²) in [6.07, 6.45) is 10.3. The number of hydrogen-bond donors (Lipinski definition) is 2. The largest absolute Gasteiger partial charge is 0.481 e. The summed E-state index contributed by atoms with van der Waals surface area (Å²) in [5.74, 6) is 1.83. The highest BCUT2D eigenvalue weighted by Gasteiger charge is 2.63. The lowest BCUT2D eigenvalue weighted by molar-refractivity contribution is -0.192. The van der Waals surface area contributed by atoms with Crippen LogP contribution in [0.1, 0.15) is 90.9 Å². The quantitative estimate of drug-likeness (QED) is 0.588. The number of unbranched alkanes of at least 4 members (excludes halogenated alkanes) is 2. The van der Waals surface area contributed by atoms with Gasteiger partial charge in [-0.05, 0) is 85.9 Å². The second-order valence-corrected chi connectivity index (χ2v) is 11.2. The first-order chi connectivity index (χ1) is 14.3. The molecule has 0 heterocycles. The number of carboxylic acids is 1. The van der Waals surface area contributed by atoms with Gasteiger partial charge < -0.3 is 14.9 Å². The Morgan fingerprint density at radius 1 is 1.10 bits per heavy atom. The lowest BCUT2D eigenvalue weighted by Crippen LogP contribution is -2.60. The third-order valence-corrected chi connectivity index (χ3v) is 9.71. The molecule has 0 aliphatic heterocycles. The Hall–Kier alpha value is -0.940. The monoisotopic (exact) mass is 420 g/mol. The summed E-state index contributed by atoms with van der Waals surface area (Å²) in [4.78, 5) is 22.9. The number of ketones is 1. The maximum Gasteiger partial charge on any atom is 0.303 e. The van der Waals surface area contributed by atoms with E-state index >= 15 is 0 Å². The highest BCUT2D eigenvalue weighted by molar-refractivity contribution is 5.79. The smallest absolute Gasteiger partial charge is 0.303 e. The Morgan fingerprint density at radius 3 is 2.67 bits per heavy atom. The number of carbonyl (C=O) groups excluding carboxylic acids is 1. The minimum absolute atomic E-state index is 0.0528. The number of ether oxygens (including phenoxy) is 1. The summed E-state index contributed by atoms with van der Waals surface area (Å²) in [7, 11) is 0. The fourth-order valence-electron chi connectivity index (χ4n) is 8.05. The van der Waals surface area contributed by atoms with E-state index < -0.39 is 5.97 Å². The number of aliphatic hydroxyl groups excluding tert-OH is 1. The van der Waals surface area contributed by atoms with Crippen LogP contribution in [0.4, 0.5) is 0 Å². The molecule has 0 saturated heterocycles. The Bertz CT molecular complexity index is 662. The lowest BCUT2D eigenvalue weighted by atomic mass is 9.44. The van der Waals surface area contributed by atoms with E-state index in [4.69, 9.17) is 9.84 Å². The van der Waals surface area contributed by atoms with E-state index in [1.54, 1.807) is 0 Å². The molecule has 0 aromatic carbocycles. The molecule has 0 bridgehead atoms. The average Bonchev–Trinajstić information content (AvgIpc) is 2.99. The highest BCUT2D eigenvalue weighted by Crippen LogP contribution is 2.66. The van der Waals surface area contributed by atoms with Crippen LogP contribution in [0.15, 0.2) is 0 Å². The molecule has 4 rings (SSSR count). The molecule has 2 N–H and O–H groups in total. The summed E-state index contributed by atoms with van der Waals surface area (Å²) in [6.45, 7) is 5.38. The molecular formula is C25H40O5. The van der Waals surface area contributed by atoms with Gasteiger partial charge in [0.1, 0.15) is 5.78 Å². The van der Waals surface area contributed by atoms with Crippen molar-refractivity contribution in [1.29, 1.82) is 0 Å². The Kier molecular flexibility index (Phi) is 6.33. The first kappa shape index (κ1) is 22.3. The van der Waals surface area contributed by atoms with Gasteiger partial charge >= 0.3 is 5.97 Å². The van der Waals surface area contributed by atoms with Crippen molar-refractivity contribution >= 4 is 11.8 Å². The summed E-state index contributed by atoms with van der Waals surface area (Å²) in [6, 6.07) is 0. The van der Waals surface area contributed by atoms with Gasteiger partial charge in [0.05, 0.1) is 12.2 Å². The normalized spacial score (nSPS) is 45.5. The minimum atomic E-state index is -0.728. The van der Waals surface area contributed by atoms with E-state index in [-0.39, 0.29) is 29.5 Å². The Labute approximate surface area is 180 Å². The van der Waals surface area contributed by atoms with E-state index in [0.717, 1.165) is 51.4 Å². The number of fused-ring (bicyclic) bond motifs is 5. The third-order valence-electron chi connectivity index (χ3n) is 9.71. The van der Waals surface area contributed by atoms with Gasteiger partial charge in [0.15, 0.2) is 0 Å². The predicted molar refractivity (Wildman–Crippen MR) is 114 cm³/mol. The van der Waals surface area contributed by atoms with E-state index in [1.807, 2.05) is 0 Å². The van der Waals surface area contributed by atoms with E-state index in [0.29, 0.717) is 48.9 Å². The number of hydrogen-bond acceptors (Lipinski definition) is 4. The molecule has 0 radical (unpaired) electrons. The van der Waals surface area contributed by atoms with Crippen molar-refractivity contribution in [2.24, 2.45) is 34.5 Å². The van der Waals surface area contributed by atoms with Crippen LogP contribution in [0.25, 0.3) is 0 Å². The first-order valence-corrected chi connectivity index (χ1v) is 12.3. The second-order valence-electron chi connectivity index (χ2n) is 11.2. The first-order valence-electron chi connectivity index (χ1n) is 12.3. The van der Waals surface area contributed by atoms with E-state index in [9.17, 15) is 14.7 Å². The molecule has 0 aromatic rings. The van der Waals surface area contributed by atoms with E-state index in [1.165, 1.54) is 6.42 Å². The molecule has 8 atom stereocenters. The number of aliphatic hydroxyl groups is 1. The van der Waals surface area contributed by atoms with Gasteiger partial charge in [-0.25, -0.2) is 0 Å². The molecule has 5 nitrogen and oxygen atoms in total. The van der Waals surface area contributed by atoms with Crippen molar-refractivity contribution in [2.45, 2.75) is 103 Å². The second kappa shape index (κ2) is 8.54. The maximum atomic E-state index is 12.2. The minimum Gasteiger partial charge on any atom is -0.481 e. The van der Waals surface area contributed by atoms with Gasteiger partial charge in [-0.2, -0.15) is 0 Å². The topological polar surface area (TPSA) is 83.8 Å². The van der Waals surface area contributed by atoms with Gasteiger partial charge in [0, 0.05) is 25.9 Å². The summed E-state index contributed by atoms with van der Waals surface area (Å²) >= 11 is 0. The van der Waals surface area contributed by atoms with Crippen LogP contribution < -0.4 is 0 Å². The molecule has 3 unspecified atom stereocenters. The van der Waals surface area contributed by atoms with Crippen LogP contribution in [0.5, 0.6) is 0 Å². The zero-order valence-corrected chi connectivity index (χ0v) is 18.8. The molecule has 0 aromatic heterocycles. The van der Waals surface area contributed by atoms with Gasteiger partial charge in [0.25, 0.3) is 0 Å². The highest BCUT2D eigenvalue weighted by atomic mass is 16.5. The summed E-state index contributed by atoms with van der Waals surface area (Å²) in [5, 5.41) is 19.7. The van der Waals surface area contributed by atoms with Crippen molar-refractivity contribution in [3.63, 3.8) is 0 Å². The zero-order chi connectivity index (χ0) is 21.5. The van der Waals surface area contributed by atoms with Crippen LogP contribution in [0.3, 0.4) is 0 Å². The average molecular weight is 421 g/mol. The van der Waals surface area contributed by atoms with Gasteiger partial charge in [-0.1, -0.05) is 20.3 Å². The van der Waals surface area contributed by atoms with Crippen molar-refractivity contribution in [3.05, 3.63) is 0 Å². The molecule has 30 heavy (non-hydrogen) atoms. The lowest BCUT2D eigenvalue weighted by Gasteiger charge is -2.62. The molecular weight excluding hydrogens is 380 g/mol. The fraction of sp³-hybridized carbons (Fsp3) is 0.920. The number of Topliss-reactive ketones (excluding diaryl/α,β-unsaturated/α-hetero) is 1. The maximum absolute atomic E-state index is 12.2. The van der Waals surface area contributed by atoms with Crippen molar-refractivity contribution in [1.82, 2.24) is 0 Å². The van der Waals surface area contributed by atoms with E-state index in [2.05, 4.69) is 13.8 Å². The Morgan fingerprint density at radius 2 is 1.90 bits per heavy atom. The van der Waals surface area contributed by atoms with Gasteiger partial charge in [-0.15, -0.1) is 0 Å². The summed E-state index contributed by atoms with van der Waals surface area (Å²) < 4.78 is 6.58. The fourth-order valence-corrected chi connectivity index (χ4v) is 8.05. The van der Waals surface area contributed by atoms with Crippen molar-refractivity contribution in [3.8, 4) is 0 Å². The number of rotatable bonds is 7. The number of aliphatic carboxylic acids is 1. The molecule has 4 aliphatic carbocycles. The third kappa shape index (κ3) is 3.85. The SMILES string of the molecule is C[C@]12CCC(=O)CC1CC[C@@H]1[C@H]2C(OCCCCCC(=O)O)C[C@]2(C)C(O)CC[C@@H]12. The Balaban J connectivity index is 1.50. The van der Waals surface area contributed by atoms with Crippen LogP contribution >= 0.6 is 0 Å². The van der Waals surface area contributed by atoms with Gasteiger partial charge in [0.2, 0.25) is 0 Å². The van der Waals surface area contributed by atoms with Crippen LogP contribution in [-0.4, -0.2) is 40.8 Å². The van der Waals surface area contributed by atoms with Crippen LogP contribution in [0, 0.1) is 34.5 Å².